The maximum Gasteiger partial charge on any atom is 0.176 e. The normalized spacial score (nSPS) is 10.2. The zero-order valence-corrected chi connectivity index (χ0v) is 9.96. The van der Waals surface area contributed by atoms with E-state index < -0.39 is 0 Å². The number of hydrogen-bond donors (Lipinski definition) is 1. The van der Waals surface area contributed by atoms with Crippen LogP contribution in [0.1, 0.15) is 5.01 Å². The zero-order valence-electron chi connectivity index (χ0n) is 7.57. The number of H-pyrrole nitrogens is 1. The van der Waals surface area contributed by atoms with Gasteiger partial charge in [0, 0.05) is 0 Å². The molecule has 0 unspecified atom stereocenters. The summed E-state index contributed by atoms with van der Waals surface area (Å²) in [5, 5.41) is 8.07. The van der Waals surface area contributed by atoms with E-state index >= 15 is 0 Å². The molecule has 0 fully saturated rings. The minimum Gasteiger partial charge on any atom is -0.485 e. The summed E-state index contributed by atoms with van der Waals surface area (Å²) in [5.41, 5.74) is 0. The van der Waals surface area contributed by atoms with Crippen LogP contribution in [-0.2, 0) is 6.61 Å². The van der Waals surface area contributed by atoms with Gasteiger partial charge in [-0.3, -0.25) is 5.10 Å². The van der Waals surface area contributed by atoms with Crippen LogP contribution in [-0.4, -0.2) is 10.2 Å². The third-order valence-corrected chi connectivity index (χ3v) is 3.05. The van der Waals surface area contributed by atoms with Gasteiger partial charge < -0.3 is 4.74 Å². The minimum absolute atomic E-state index is 0.377. The molecule has 0 spiro atoms. The highest BCUT2D eigenvalue weighted by atomic mass is 35.5. The first kappa shape index (κ1) is 10.6. The Balaban J connectivity index is 2.05. The first-order valence-electron chi connectivity index (χ1n) is 4.17. The monoisotopic (exact) mass is 258 g/mol. The standard InChI is InChI=1S/C9H7ClN2OS2/c10-6-3-1-2-4-7(6)13-5-8-11-12-9(14)15-8/h1-4H,5H2,(H,12,14). The Labute approximate surface area is 101 Å². The maximum absolute atomic E-state index is 5.93. The second-order valence-electron chi connectivity index (χ2n) is 2.73. The lowest BCUT2D eigenvalue weighted by atomic mass is 10.3. The summed E-state index contributed by atoms with van der Waals surface area (Å²) < 4.78 is 6.13. The van der Waals surface area contributed by atoms with E-state index in [1.807, 2.05) is 18.2 Å². The highest BCUT2D eigenvalue weighted by molar-refractivity contribution is 7.73. The molecule has 0 atom stereocenters. The van der Waals surface area contributed by atoms with E-state index in [1.165, 1.54) is 11.3 Å². The van der Waals surface area contributed by atoms with Crippen molar-refractivity contribution in [2.75, 3.05) is 0 Å². The molecule has 1 aromatic heterocycles. The van der Waals surface area contributed by atoms with Gasteiger partial charge in [0.2, 0.25) is 0 Å². The molecule has 2 rings (SSSR count). The van der Waals surface area contributed by atoms with Crippen molar-refractivity contribution in [3.05, 3.63) is 38.3 Å². The number of halogens is 1. The summed E-state index contributed by atoms with van der Waals surface area (Å²) in [6, 6.07) is 7.32. The molecule has 2 aromatic rings. The van der Waals surface area contributed by atoms with Gasteiger partial charge in [0.05, 0.1) is 5.02 Å². The number of para-hydroxylation sites is 1. The molecule has 0 radical (unpaired) electrons. The molecule has 78 valence electrons. The largest absolute Gasteiger partial charge is 0.485 e. The van der Waals surface area contributed by atoms with E-state index in [0.29, 0.717) is 21.3 Å². The van der Waals surface area contributed by atoms with E-state index in [4.69, 9.17) is 28.6 Å². The molecule has 0 amide bonds. The Kier molecular flexibility index (Phi) is 3.35. The fourth-order valence-electron chi connectivity index (χ4n) is 1.02. The van der Waals surface area contributed by atoms with Crippen LogP contribution < -0.4 is 4.74 Å². The van der Waals surface area contributed by atoms with Gasteiger partial charge in [-0.05, 0) is 24.4 Å². The molecule has 0 saturated heterocycles. The summed E-state index contributed by atoms with van der Waals surface area (Å²) in [7, 11) is 0. The number of nitrogens with one attached hydrogen (secondary N) is 1. The quantitative estimate of drug-likeness (QED) is 0.857. The van der Waals surface area contributed by atoms with E-state index in [0.717, 1.165) is 5.01 Å². The van der Waals surface area contributed by atoms with Crippen LogP contribution in [0.5, 0.6) is 5.75 Å². The SMILES string of the molecule is S=c1[nH]nc(COc2ccccc2Cl)s1. The van der Waals surface area contributed by atoms with Crippen molar-refractivity contribution < 1.29 is 4.74 Å². The third kappa shape index (κ3) is 2.77. The molecule has 0 aliphatic rings. The lowest BCUT2D eigenvalue weighted by Gasteiger charge is -2.04. The van der Waals surface area contributed by atoms with Crippen molar-refractivity contribution in [3.63, 3.8) is 0 Å². The third-order valence-electron chi connectivity index (χ3n) is 1.67. The molecule has 0 aliphatic heterocycles. The molecule has 0 bridgehead atoms. The van der Waals surface area contributed by atoms with E-state index in [-0.39, 0.29) is 0 Å². The Morgan fingerprint density at radius 2 is 2.27 bits per heavy atom. The molecule has 1 heterocycles. The van der Waals surface area contributed by atoms with Gasteiger partial charge in [-0.2, -0.15) is 5.10 Å². The summed E-state index contributed by atoms with van der Waals surface area (Å²) in [5.74, 6) is 0.653. The van der Waals surface area contributed by atoms with Crippen molar-refractivity contribution in [3.8, 4) is 5.75 Å². The van der Waals surface area contributed by atoms with Crippen molar-refractivity contribution >= 4 is 35.2 Å². The Morgan fingerprint density at radius 1 is 1.47 bits per heavy atom. The van der Waals surface area contributed by atoms with E-state index in [2.05, 4.69) is 10.2 Å². The molecule has 6 heteroatoms. The smallest absolute Gasteiger partial charge is 0.176 e. The molecular weight excluding hydrogens is 252 g/mol. The van der Waals surface area contributed by atoms with E-state index in [1.54, 1.807) is 6.07 Å². The predicted molar refractivity (Wildman–Crippen MR) is 63.1 cm³/mol. The van der Waals surface area contributed by atoms with Crippen molar-refractivity contribution in [2.24, 2.45) is 0 Å². The Morgan fingerprint density at radius 3 is 2.93 bits per heavy atom. The van der Waals surface area contributed by atoms with Crippen molar-refractivity contribution in [1.82, 2.24) is 10.2 Å². The Hall–Kier alpha value is -0.910. The first-order chi connectivity index (χ1) is 7.25. The Bertz CT molecular complexity index is 509. The maximum atomic E-state index is 5.93. The number of hydrogen-bond acceptors (Lipinski definition) is 4. The first-order valence-corrected chi connectivity index (χ1v) is 5.77. The van der Waals surface area contributed by atoms with Crippen LogP contribution in [0.4, 0.5) is 0 Å². The van der Waals surface area contributed by atoms with Crippen LogP contribution in [0, 0.1) is 3.95 Å². The highest BCUT2D eigenvalue weighted by Gasteiger charge is 2.02. The van der Waals surface area contributed by atoms with Gasteiger partial charge in [0.1, 0.15) is 12.4 Å². The number of ether oxygens (including phenoxy) is 1. The second kappa shape index (κ2) is 4.74. The number of nitrogens with zero attached hydrogens (tertiary/aromatic N) is 1. The molecule has 15 heavy (non-hydrogen) atoms. The van der Waals surface area contributed by atoms with Crippen LogP contribution in [0.2, 0.25) is 5.02 Å². The molecule has 0 saturated carbocycles. The molecule has 3 nitrogen and oxygen atoms in total. The number of aromatic nitrogens is 2. The van der Waals surface area contributed by atoms with Crippen molar-refractivity contribution in [2.45, 2.75) is 6.61 Å². The second-order valence-corrected chi connectivity index (χ2v) is 4.88. The summed E-state index contributed by atoms with van der Waals surface area (Å²) in [6.07, 6.45) is 0. The average molecular weight is 259 g/mol. The highest BCUT2D eigenvalue weighted by Crippen LogP contribution is 2.24. The van der Waals surface area contributed by atoms with E-state index in [9.17, 15) is 0 Å². The van der Waals surface area contributed by atoms with Gasteiger partial charge in [-0.1, -0.05) is 35.1 Å². The summed E-state index contributed by atoms with van der Waals surface area (Å²) in [6.45, 7) is 0.377. The van der Waals surface area contributed by atoms with Gasteiger partial charge >= 0.3 is 0 Å². The lowest BCUT2D eigenvalue weighted by molar-refractivity contribution is 0.304. The van der Waals surface area contributed by atoms with Gasteiger partial charge in [-0.25, -0.2) is 0 Å². The zero-order chi connectivity index (χ0) is 10.7. The average Bonchev–Trinajstić information content (AvgIpc) is 2.63. The number of aromatic amines is 1. The molecule has 1 N–H and O–H groups in total. The van der Waals surface area contributed by atoms with Gasteiger partial charge in [-0.15, -0.1) is 0 Å². The van der Waals surface area contributed by atoms with Crippen LogP contribution in [0.25, 0.3) is 0 Å². The molecule has 0 aliphatic carbocycles. The summed E-state index contributed by atoms with van der Waals surface area (Å²) in [4.78, 5) is 0. The fourth-order valence-corrected chi connectivity index (χ4v) is 2.06. The predicted octanol–water partition coefficient (Wildman–Crippen LogP) is 3.43. The minimum atomic E-state index is 0.377. The fraction of sp³-hybridized carbons (Fsp3) is 0.111. The van der Waals surface area contributed by atoms with Crippen molar-refractivity contribution in [1.29, 1.82) is 0 Å². The number of benzene rings is 1. The van der Waals surface area contributed by atoms with Gasteiger partial charge in [0.15, 0.2) is 8.96 Å². The lowest BCUT2D eigenvalue weighted by Crippen LogP contribution is -1.95. The van der Waals surface area contributed by atoms with Gasteiger partial charge in [0.25, 0.3) is 0 Å². The van der Waals surface area contributed by atoms with Crippen LogP contribution in [0.3, 0.4) is 0 Å². The van der Waals surface area contributed by atoms with Crippen LogP contribution in [0.15, 0.2) is 24.3 Å². The topological polar surface area (TPSA) is 37.9 Å². The molecule has 1 aromatic carbocycles. The number of rotatable bonds is 3. The summed E-state index contributed by atoms with van der Waals surface area (Å²) >= 11 is 12.2. The van der Waals surface area contributed by atoms with Crippen LogP contribution >= 0.6 is 35.2 Å². The molecular formula is C9H7ClN2OS2.